The van der Waals surface area contributed by atoms with E-state index in [1.54, 1.807) is 24.3 Å². The van der Waals surface area contributed by atoms with E-state index in [1.165, 1.54) is 18.3 Å². The van der Waals surface area contributed by atoms with Gasteiger partial charge in [0.2, 0.25) is 0 Å². The molecular weight excluding hydrogens is 338 g/mol. The normalized spacial score (nSPS) is 11.4. The SMILES string of the molecule is CCOc1ccc(S(=O)(=O)Nc2ccc(NCCC(C)C)nc2)cc1. The maximum Gasteiger partial charge on any atom is 0.261 e. The number of anilines is 2. The summed E-state index contributed by atoms with van der Waals surface area (Å²) in [6.07, 6.45) is 2.55. The highest BCUT2D eigenvalue weighted by Gasteiger charge is 2.14. The van der Waals surface area contributed by atoms with Crippen LogP contribution in [0.15, 0.2) is 47.5 Å². The number of hydrogen-bond donors (Lipinski definition) is 2. The quantitative estimate of drug-likeness (QED) is 0.709. The van der Waals surface area contributed by atoms with Gasteiger partial charge < -0.3 is 10.1 Å². The van der Waals surface area contributed by atoms with E-state index in [4.69, 9.17) is 4.74 Å². The maximum atomic E-state index is 12.4. The summed E-state index contributed by atoms with van der Waals surface area (Å²) in [5, 5.41) is 3.21. The molecule has 2 N–H and O–H groups in total. The van der Waals surface area contributed by atoms with Crippen molar-refractivity contribution in [1.29, 1.82) is 0 Å². The van der Waals surface area contributed by atoms with Gasteiger partial charge in [-0.15, -0.1) is 0 Å². The number of aromatic nitrogens is 1. The van der Waals surface area contributed by atoms with Crippen LogP contribution in [0.3, 0.4) is 0 Å². The maximum absolute atomic E-state index is 12.4. The molecule has 0 aliphatic heterocycles. The molecule has 25 heavy (non-hydrogen) atoms. The Kier molecular flexibility index (Phi) is 6.64. The van der Waals surface area contributed by atoms with Gasteiger partial charge in [0.15, 0.2) is 0 Å². The number of benzene rings is 1. The molecule has 0 saturated heterocycles. The van der Waals surface area contributed by atoms with Gasteiger partial charge in [-0.1, -0.05) is 13.8 Å². The van der Waals surface area contributed by atoms with Crippen molar-refractivity contribution in [2.24, 2.45) is 5.92 Å². The van der Waals surface area contributed by atoms with Crippen molar-refractivity contribution >= 4 is 21.5 Å². The highest BCUT2D eigenvalue weighted by Crippen LogP contribution is 2.19. The Hall–Kier alpha value is -2.28. The van der Waals surface area contributed by atoms with Gasteiger partial charge in [-0.2, -0.15) is 0 Å². The van der Waals surface area contributed by atoms with Crippen LogP contribution in [0.4, 0.5) is 11.5 Å². The lowest BCUT2D eigenvalue weighted by Gasteiger charge is -2.10. The number of nitrogens with zero attached hydrogens (tertiary/aromatic N) is 1. The fourth-order valence-corrected chi connectivity index (χ4v) is 3.19. The van der Waals surface area contributed by atoms with Crippen LogP contribution in [0.25, 0.3) is 0 Å². The van der Waals surface area contributed by atoms with Crippen LogP contribution in [0.2, 0.25) is 0 Å². The summed E-state index contributed by atoms with van der Waals surface area (Å²) < 4.78 is 32.7. The molecule has 0 saturated carbocycles. The molecule has 0 bridgehead atoms. The molecule has 6 nitrogen and oxygen atoms in total. The molecule has 1 heterocycles. The monoisotopic (exact) mass is 363 g/mol. The second-order valence-electron chi connectivity index (χ2n) is 6.05. The Morgan fingerprint density at radius 3 is 2.40 bits per heavy atom. The zero-order chi connectivity index (χ0) is 18.3. The molecule has 0 amide bonds. The third kappa shape index (κ3) is 5.94. The molecule has 7 heteroatoms. The fraction of sp³-hybridized carbons (Fsp3) is 0.389. The van der Waals surface area contributed by atoms with Gasteiger partial charge in [0.05, 0.1) is 23.4 Å². The summed E-state index contributed by atoms with van der Waals surface area (Å²) in [5.74, 6) is 1.98. The second-order valence-corrected chi connectivity index (χ2v) is 7.73. The third-order valence-corrected chi connectivity index (χ3v) is 4.89. The van der Waals surface area contributed by atoms with E-state index in [0.29, 0.717) is 24.0 Å². The van der Waals surface area contributed by atoms with Crippen molar-refractivity contribution in [1.82, 2.24) is 4.98 Å². The topological polar surface area (TPSA) is 80.3 Å². The van der Waals surface area contributed by atoms with Crippen LogP contribution in [0.1, 0.15) is 27.2 Å². The molecule has 0 atom stereocenters. The number of pyridine rings is 1. The lowest BCUT2D eigenvalue weighted by molar-refractivity contribution is 0.340. The molecule has 1 aromatic heterocycles. The zero-order valence-electron chi connectivity index (χ0n) is 14.8. The molecule has 2 rings (SSSR count). The van der Waals surface area contributed by atoms with E-state index in [2.05, 4.69) is 28.9 Å². The summed E-state index contributed by atoms with van der Waals surface area (Å²) in [6, 6.07) is 9.76. The molecule has 136 valence electrons. The van der Waals surface area contributed by atoms with E-state index < -0.39 is 10.0 Å². The molecule has 0 aliphatic rings. The van der Waals surface area contributed by atoms with Gasteiger partial charge in [-0.25, -0.2) is 13.4 Å². The van der Waals surface area contributed by atoms with E-state index in [0.717, 1.165) is 18.8 Å². The lowest BCUT2D eigenvalue weighted by atomic mass is 10.1. The smallest absolute Gasteiger partial charge is 0.261 e. The first-order valence-electron chi connectivity index (χ1n) is 8.36. The standard InChI is InChI=1S/C18H25N3O3S/c1-4-24-16-6-8-17(9-7-16)25(22,23)21-15-5-10-18(20-13-15)19-12-11-14(2)3/h5-10,13-14,21H,4,11-12H2,1-3H3,(H,19,20). The van der Waals surface area contributed by atoms with Gasteiger partial charge in [0.1, 0.15) is 11.6 Å². The number of sulfonamides is 1. The number of hydrogen-bond acceptors (Lipinski definition) is 5. The molecule has 0 aliphatic carbocycles. The van der Waals surface area contributed by atoms with Crippen LogP contribution < -0.4 is 14.8 Å². The van der Waals surface area contributed by atoms with Crippen LogP contribution in [0, 0.1) is 5.92 Å². The van der Waals surface area contributed by atoms with Gasteiger partial charge in [-0.05, 0) is 55.7 Å². The first kappa shape index (κ1) is 19.1. The van der Waals surface area contributed by atoms with Gasteiger partial charge in [-0.3, -0.25) is 4.72 Å². The minimum Gasteiger partial charge on any atom is -0.494 e. The summed E-state index contributed by atoms with van der Waals surface area (Å²) in [4.78, 5) is 4.41. The summed E-state index contributed by atoms with van der Waals surface area (Å²) in [5.41, 5.74) is 0.420. The molecule has 2 aromatic rings. The van der Waals surface area contributed by atoms with Gasteiger partial charge >= 0.3 is 0 Å². The summed E-state index contributed by atoms with van der Waals surface area (Å²) >= 11 is 0. The number of rotatable bonds is 9. The van der Waals surface area contributed by atoms with E-state index >= 15 is 0 Å². The van der Waals surface area contributed by atoms with Crippen molar-refractivity contribution in [3.05, 3.63) is 42.6 Å². The van der Waals surface area contributed by atoms with E-state index in [-0.39, 0.29) is 4.90 Å². The van der Waals surface area contributed by atoms with Gasteiger partial charge in [0, 0.05) is 6.54 Å². The average Bonchev–Trinajstić information content (AvgIpc) is 2.57. The Balaban J connectivity index is 2.00. The highest BCUT2D eigenvalue weighted by molar-refractivity contribution is 7.92. The first-order valence-corrected chi connectivity index (χ1v) is 9.84. The Morgan fingerprint density at radius 1 is 1.12 bits per heavy atom. The predicted molar refractivity (Wildman–Crippen MR) is 101 cm³/mol. The molecule has 0 spiro atoms. The summed E-state index contributed by atoms with van der Waals surface area (Å²) in [7, 11) is -3.65. The number of nitrogens with one attached hydrogen (secondary N) is 2. The molecule has 0 unspecified atom stereocenters. The minimum atomic E-state index is -3.65. The van der Waals surface area contributed by atoms with Crippen molar-refractivity contribution in [2.45, 2.75) is 32.1 Å². The molecule has 0 fully saturated rings. The fourth-order valence-electron chi connectivity index (χ4n) is 2.14. The van der Waals surface area contributed by atoms with Crippen LogP contribution in [0.5, 0.6) is 5.75 Å². The largest absolute Gasteiger partial charge is 0.494 e. The Bertz CT molecular complexity index is 757. The molecule has 0 radical (unpaired) electrons. The Morgan fingerprint density at radius 2 is 1.84 bits per heavy atom. The van der Waals surface area contributed by atoms with Crippen molar-refractivity contribution < 1.29 is 13.2 Å². The van der Waals surface area contributed by atoms with Crippen LogP contribution in [-0.4, -0.2) is 26.6 Å². The minimum absolute atomic E-state index is 0.176. The molecule has 1 aromatic carbocycles. The number of ether oxygens (including phenoxy) is 1. The van der Waals surface area contributed by atoms with E-state index in [9.17, 15) is 8.42 Å². The third-order valence-electron chi connectivity index (χ3n) is 3.49. The Labute approximate surface area is 149 Å². The second kappa shape index (κ2) is 8.71. The van der Waals surface area contributed by atoms with Crippen molar-refractivity contribution in [3.8, 4) is 5.75 Å². The first-order chi connectivity index (χ1) is 11.9. The predicted octanol–water partition coefficient (Wildman–Crippen LogP) is 3.74. The van der Waals surface area contributed by atoms with Crippen LogP contribution in [-0.2, 0) is 10.0 Å². The van der Waals surface area contributed by atoms with Crippen molar-refractivity contribution in [3.63, 3.8) is 0 Å². The zero-order valence-corrected chi connectivity index (χ0v) is 15.6. The highest BCUT2D eigenvalue weighted by atomic mass is 32.2. The van der Waals surface area contributed by atoms with E-state index in [1.807, 2.05) is 6.92 Å². The van der Waals surface area contributed by atoms with Crippen molar-refractivity contribution in [2.75, 3.05) is 23.2 Å². The lowest BCUT2D eigenvalue weighted by Crippen LogP contribution is -2.13. The molecular formula is C18H25N3O3S. The average molecular weight is 363 g/mol. The summed E-state index contributed by atoms with van der Waals surface area (Å²) in [6.45, 7) is 7.57. The van der Waals surface area contributed by atoms with Gasteiger partial charge in [0.25, 0.3) is 10.0 Å². The van der Waals surface area contributed by atoms with Crippen LogP contribution >= 0.6 is 0 Å².